The first kappa shape index (κ1) is 14.2. The van der Waals surface area contributed by atoms with Crippen LogP contribution in [0.3, 0.4) is 0 Å². The minimum absolute atomic E-state index is 0.306. The van der Waals surface area contributed by atoms with Gasteiger partial charge in [-0.15, -0.1) is 0 Å². The molecular formula is C12H22O3. The summed E-state index contributed by atoms with van der Waals surface area (Å²) in [6.45, 7) is 0.306. The minimum atomic E-state index is -0.862. The highest BCUT2D eigenvalue weighted by Crippen LogP contribution is 2.08. The number of allylic oxidation sites excluding steroid dienone is 1. The molecule has 0 aliphatic rings. The van der Waals surface area contributed by atoms with E-state index in [1.165, 1.54) is 31.8 Å². The Bertz CT molecular complexity index is 176. The number of hydrogen-bond acceptors (Lipinski definition) is 2. The molecule has 0 aliphatic carbocycles. The largest absolute Gasteiger partial charge is 0.478 e. The first-order valence-corrected chi connectivity index (χ1v) is 5.77. The van der Waals surface area contributed by atoms with Crippen LogP contribution in [-0.4, -0.2) is 22.8 Å². The van der Waals surface area contributed by atoms with E-state index in [1.807, 2.05) is 0 Å². The molecule has 0 aromatic rings. The van der Waals surface area contributed by atoms with E-state index in [2.05, 4.69) is 0 Å². The highest BCUT2D eigenvalue weighted by Gasteiger charge is 1.91. The van der Waals surface area contributed by atoms with Crippen molar-refractivity contribution in [3.8, 4) is 0 Å². The Balaban J connectivity index is 3.02. The third kappa shape index (κ3) is 13.2. The molecule has 0 rings (SSSR count). The number of carboxylic acids is 1. The van der Waals surface area contributed by atoms with Gasteiger partial charge in [-0.3, -0.25) is 0 Å². The maximum Gasteiger partial charge on any atom is 0.327 e. The van der Waals surface area contributed by atoms with Gasteiger partial charge in [-0.05, 0) is 19.3 Å². The van der Waals surface area contributed by atoms with Crippen molar-refractivity contribution in [2.45, 2.75) is 51.4 Å². The van der Waals surface area contributed by atoms with Crippen LogP contribution in [0.15, 0.2) is 12.2 Å². The molecule has 0 saturated carbocycles. The average molecular weight is 214 g/mol. The molecule has 0 unspecified atom stereocenters. The van der Waals surface area contributed by atoms with Crippen LogP contribution < -0.4 is 0 Å². The number of carboxylic acid groups (broad SMARTS) is 1. The smallest absolute Gasteiger partial charge is 0.327 e. The van der Waals surface area contributed by atoms with Gasteiger partial charge in [0.25, 0.3) is 0 Å². The Morgan fingerprint density at radius 2 is 1.47 bits per heavy atom. The fourth-order valence-electron chi connectivity index (χ4n) is 1.44. The summed E-state index contributed by atoms with van der Waals surface area (Å²) in [5, 5.41) is 16.9. The fraction of sp³-hybridized carbons (Fsp3) is 0.750. The number of hydrogen-bond donors (Lipinski definition) is 2. The molecule has 0 amide bonds. The van der Waals surface area contributed by atoms with Crippen molar-refractivity contribution in [1.29, 1.82) is 0 Å². The lowest BCUT2D eigenvalue weighted by molar-refractivity contribution is -0.131. The van der Waals surface area contributed by atoms with E-state index in [9.17, 15) is 4.79 Å². The Labute approximate surface area is 91.8 Å². The van der Waals surface area contributed by atoms with E-state index in [0.717, 1.165) is 25.7 Å². The van der Waals surface area contributed by atoms with E-state index in [4.69, 9.17) is 10.2 Å². The third-order valence-corrected chi connectivity index (χ3v) is 2.29. The molecule has 0 spiro atoms. The maximum atomic E-state index is 10.1. The SMILES string of the molecule is O=C(O)/C=C\CCCCCCCCCO. The molecule has 2 N–H and O–H groups in total. The van der Waals surface area contributed by atoms with Gasteiger partial charge in [0.15, 0.2) is 0 Å². The van der Waals surface area contributed by atoms with E-state index in [-0.39, 0.29) is 0 Å². The van der Waals surface area contributed by atoms with Gasteiger partial charge in [-0.25, -0.2) is 4.79 Å². The molecule has 0 aliphatic heterocycles. The van der Waals surface area contributed by atoms with E-state index in [0.29, 0.717) is 6.61 Å². The fourth-order valence-corrected chi connectivity index (χ4v) is 1.44. The highest BCUT2D eigenvalue weighted by molar-refractivity contribution is 5.79. The van der Waals surface area contributed by atoms with Crippen LogP contribution in [-0.2, 0) is 4.79 Å². The average Bonchev–Trinajstić information content (AvgIpc) is 2.20. The van der Waals surface area contributed by atoms with Crippen molar-refractivity contribution in [2.75, 3.05) is 6.61 Å². The second-order valence-electron chi connectivity index (χ2n) is 3.73. The Kier molecular flexibility index (Phi) is 10.6. The quantitative estimate of drug-likeness (QED) is 0.434. The number of aliphatic carboxylic acids is 1. The lowest BCUT2D eigenvalue weighted by atomic mass is 10.1. The lowest BCUT2D eigenvalue weighted by Gasteiger charge is -1.99. The molecule has 15 heavy (non-hydrogen) atoms. The number of rotatable bonds is 10. The lowest BCUT2D eigenvalue weighted by Crippen LogP contribution is -1.86. The molecular weight excluding hydrogens is 192 g/mol. The van der Waals surface area contributed by atoms with E-state index >= 15 is 0 Å². The van der Waals surface area contributed by atoms with Gasteiger partial charge >= 0.3 is 5.97 Å². The van der Waals surface area contributed by atoms with Gasteiger partial charge in [-0.2, -0.15) is 0 Å². The maximum absolute atomic E-state index is 10.1. The molecule has 0 heterocycles. The van der Waals surface area contributed by atoms with Gasteiger partial charge in [0.2, 0.25) is 0 Å². The van der Waals surface area contributed by atoms with Gasteiger partial charge in [-0.1, -0.05) is 38.2 Å². The van der Waals surface area contributed by atoms with Crippen LogP contribution in [0.4, 0.5) is 0 Å². The minimum Gasteiger partial charge on any atom is -0.478 e. The second-order valence-corrected chi connectivity index (χ2v) is 3.73. The predicted octanol–water partition coefficient (Wildman–Crippen LogP) is 2.74. The first-order valence-electron chi connectivity index (χ1n) is 5.77. The molecule has 0 fully saturated rings. The van der Waals surface area contributed by atoms with Crippen LogP contribution >= 0.6 is 0 Å². The third-order valence-electron chi connectivity index (χ3n) is 2.29. The summed E-state index contributed by atoms with van der Waals surface area (Å²) in [5.41, 5.74) is 0. The Morgan fingerprint density at radius 3 is 2.00 bits per heavy atom. The zero-order chi connectivity index (χ0) is 11.4. The van der Waals surface area contributed by atoms with Gasteiger partial charge < -0.3 is 10.2 Å². The van der Waals surface area contributed by atoms with Crippen LogP contribution in [0.1, 0.15) is 51.4 Å². The summed E-state index contributed by atoms with van der Waals surface area (Å²) in [6.07, 6.45) is 11.7. The standard InChI is InChI=1S/C12H22O3/c13-11-9-7-5-3-1-2-4-6-8-10-12(14)15/h8,10,13H,1-7,9,11H2,(H,14,15)/b10-8-. The van der Waals surface area contributed by atoms with Gasteiger partial charge in [0, 0.05) is 12.7 Å². The Hall–Kier alpha value is -0.830. The molecule has 0 aromatic heterocycles. The van der Waals surface area contributed by atoms with Crippen molar-refractivity contribution >= 4 is 5.97 Å². The van der Waals surface area contributed by atoms with Crippen LogP contribution in [0.2, 0.25) is 0 Å². The van der Waals surface area contributed by atoms with Crippen molar-refractivity contribution in [1.82, 2.24) is 0 Å². The molecule has 0 aromatic carbocycles. The van der Waals surface area contributed by atoms with Crippen molar-refractivity contribution in [3.05, 3.63) is 12.2 Å². The Morgan fingerprint density at radius 1 is 0.933 bits per heavy atom. The summed E-state index contributed by atoms with van der Waals surface area (Å²) in [7, 11) is 0. The zero-order valence-electron chi connectivity index (χ0n) is 9.32. The summed E-state index contributed by atoms with van der Waals surface area (Å²) in [6, 6.07) is 0. The highest BCUT2D eigenvalue weighted by atomic mass is 16.4. The van der Waals surface area contributed by atoms with Gasteiger partial charge in [0.05, 0.1) is 0 Å². The number of aliphatic hydroxyl groups excluding tert-OH is 1. The first-order chi connectivity index (χ1) is 7.27. The molecule has 3 nitrogen and oxygen atoms in total. The van der Waals surface area contributed by atoms with Crippen LogP contribution in [0.25, 0.3) is 0 Å². The van der Waals surface area contributed by atoms with Gasteiger partial charge in [0.1, 0.15) is 0 Å². The van der Waals surface area contributed by atoms with Crippen LogP contribution in [0, 0.1) is 0 Å². The predicted molar refractivity (Wildman–Crippen MR) is 60.8 cm³/mol. The second kappa shape index (κ2) is 11.2. The van der Waals surface area contributed by atoms with Crippen molar-refractivity contribution in [2.24, 2.45) is 0 Å². The number of carbonyl (C=O) groups is 1. The van der Waals surface area contributed by atoms with Crippen LogP contribution in [0.5, 0.6) is 0 Å². The van der Waals surface area contributed by atoms with Crippen molar-refractivity contribution in [3.63, 3.8) is 0 Å². The summed E-state index contributed by atoms with van der Waals surface area (Å²) < 4.78 is 0. The molecule has 88 valence electrons. The molecule has 0 saturated heterocycles. The molecule has 0 bridgehead atoms. The monoisotopic (exact) mass is 214 g/mol. The van der Waals surface area contributed by atoms with E-state index in [1.54, 1.807) is 6.08 Å². The number of aliphatic hydroxyl groups is 1. The topological polar surface area (TPSA) is 57.5 Å². The van der Waals surface area contributed by atoms with E-state index < -0.39 is 5.97 Å². The molecule has 3 heteroatoms. The summed E-state index contributed by atoms with van der Waals surface area (Å²) in [5.74, 6) is -0.862. The van der Waals surface area contributed by atoms with Crippen molar-refractivity contribution < 1.29 is 15.0 Å². The summed E-state index contributed by atoms with van der Waals surface area (Å²) >= 11 is 0. The number of unbranched alkanes of at least 4 members (excludes halogenated alkanes) is 7. The molecule has 0 atom stereocenters. The zero-order valence-corrected chi connectivity index (χ0v) is 9.32. The molecule has 0 radical (unpaired) electrons. The normalized spacial score (nSPS) is 11.0. The summed E-state index contributed by atoms with van der Waals surface area (Å²) in [4.78, 5) is 10.1.